The van der Waals surface area contributed by atoms with Gasteiger partial charge in [0.05, 0.1) is 11.9 Å². The number of aromatic nitrogens is 2. The van der Waals surface area contributed by atoms with Crippen molar-refractivity contribution in [3.05, 3.63) is 77.0 Å². The van der Waals surface area contributed by atoms with Crippen LogP contribution in [-0.4, -0.2) is 22.3 Å². The Morgan fingerprint density at radius 3 is 2.62 bits per heavy atom. The summed E-state index contributed by atoms with van der Waals surface area (Å²) in [5.74, 6) is -0.328. The van der Waals surface area contributed by atoms with Crippen LogP contribution < -0.4 is 5.43 Å². The van der Waals surface area contributed by atoms with E-state index >= 15 is 0 Å². The summed E-state index contributed by atoms with van der Waals surface area (Å²) in [5.41, 5.74) is 7.79. The van der Waals surface area contributed by atoms with Crippen molar-refractivity contribution in [2.24, 2.45) is 5.10 Å². The van der Waals surface area contributed by atoms with Gasteiger partial charge in [0, 0.05) is 5.56 Å². The molecule has 2 N–H and O–H groups in total. The summed E-state index contributed by atoms with van der Waals surface area (Å²) < 4.78 is 0. The van der Waals surface area contributed by atoms with Gasteiger partial charge >= 0.3 is 0 Å². The van der Waals surface area contributed by atoms with Crippen molar-refractivity contribution in [3.8, 4) is 11.3 Å². The summed E-state index contributed by atoms with van der Waals surface area (Å²) >= 11 is 0. The van der Waals surface area contributed by atoms with Crippen LogP contribution in [0.15, 0.2) is 59.7 Å². The van der Waals surface area contributed by atoms with Gasteiger partial charge in [-0.25, -0.2) is 5.43 Å². The third-order valence-electron chi connectivity index (χ3n) is 3.73. The molecule has 0 bridgehead atoms. The molecule has 0 radical (unpaired) electrons. The number of hydrazone groups is 1. The second-order valence-corrected chi connectivity index (χ2v) is 5.59. The first-order valence-corrected chi connectivity index (χ1v) is 7.65. The highest BCUT2D eigenvalue weighted by molar-refractivity contribution is 5.94. The molecule has 1 amide bonds. The first-order chi connectivity index (χ1) is 11.6. The van der Waals surface area contributed by atoms with Gasteiger partial charge in [-0.1, -0.05) is 54.1 Å². The van der Waals surface area contributed by atoms with Crippen molar-refractivity contribution in [1.29, 1.82) is 0 Å². The fourth-order valence-electron chi connectivity index (χ4n) is 2.26. The van der Waals surface area contributed by atoms with Crippen LogP contribution in [0.1, 0.15) is 27.2 Å². The number of hydrogen-bond acceptors (Lipinski definition) is 3. The second kappa shape index (κ2) is 6.91. The summed E-state index contributed by atoms with van der Waals surface area (Å²) in [4.78, 5) is 12.1. The zero-order valence-corrected chi connectivity index (χ0v) is 13.6. The number of rotatable bonds is 4. The SMILES string of the molecule is Cc1ccc(-c2cc(C(=O)N/N=C\c3ccccc3C)[nH]n2)cc1. The number of aromatic amines is 1. The van der Waals surface area contributed by atoms with Gasteiger partial charge in [-0.05, 0) is 31.0 Å². The van der Waals surface area contributed by atoms with E-state index in [4.69, 9.17) is 0 Å². The lowest BCUT2D eigenvalue weighted by Gasteiger charge is -1.99. The maximum atomic E-state index is 12.1. The lowest BCUT2D eigenvalue weighted by atomic mass is 10.1. The molecular weight excluding hydrogens is 300 g/mol. The lowest BCUT2D eigenvalue weighted by Crippen LogP contribution is -2.18. The highest BCUT2D eigenvalue weighted by Gasteiger charge is 2.10. The molecule has 24 heavy (non-hydrogen) atoms. The van der Waals surface area contributed by atoms with Crippen molar-refractivity contribution in [3.63, 3.8) is 0 Å². The van der Waals surface area contributed by atoms with Gasteiger partial charge in [-0.3, -0.25) is 9.89 Å². The van der Waals surface area contributed by atoms with E-state index in [1.54, 1.807) is 12.3 Å². The monoisotopic (exact) mass is 318 g/mol. The molecule has 0 fully saturated rings. The number of nitrogens with zero attached hydrogens (tertiary/aromatic N) is 2. The molecule has 0 aliphatic heterocycles. The van der Waals surface area contributed by atoms with Crippen LogP contribution >= 0.6 is 0 Å². The molecule has 5 nitrogen and oxygen atoms in total. The van der Waals surface area contributed by atoms with E-state index in [0.717, 1.165) is 22.4 Å². The van der Waals surface area contributed by atoms with Gasteiger partial charge in [-0.15, -0.1) is 0 Å². The first-order valence-electron chi connectivity index (χ1n) is 7.65. The zero-order chi connectivity index (χ0) is 16.9. The molecule has 1 aromatic heterocycles. The predicted octanol–water partition coefficient (Wildman–Crippen LogP) is 3.46. The molecule has 0 aliphatic rings. The molecule has 3 rings (SSSR count). The second-order valence-electron chi connectivity index (χ2n) is 5.59. The lowest BCUT2D eigenvalue weighted by molar-refractivity contribution is 0.0950. The first kappa shape index (κ1) is 15.7. The number of hydrogen-bond donors (Lipinski definition) is 2. The van der Waals surface area contributed by atoms with Crippen LogP contribution in [0.2, 0.25) is 0 Å². The minimum absolute atomic E-state index is 0.328. The van der Waals surface area contributed by atoms with Crippen molar-refractivity contribution < 1.29 is 4.79 Å². The molecule has 0 atom stereocenters. The third-order valence-corrected chi connectivity index (χ3v) is 3.73. The number of nitrogens with one attached hydrogen (secondary N) is 2. The molecule has 1 heterocycles. The van der Waals surface area contributed by atoms with Gasteiger partial charge in [0.1, 0.15) is 5.69 Å². The summed E-state index contributed by atoms with van der Waals surface area (Å²) in [6.07, 6.45) is 1.63. The van der Waals surface area contributed by atoms with Gasteiger partial charge in [0.2, 0.25) is 0 Å². The van der Waals surface area contributed by atoms with E-state index in [0.29, 0.717) is 5.69 Å². The van der Waals surface area contributed by atoms with Crippen LogP contribution in [-0.2, 0) is 0 Å². The summed E-state index contributed by atoms with van der Waals surface area (Å²) in [6, 6.07) is 17.5. The standard InChI is InChI=1S/C19H18N4O/c1-13-7-9-15(10-8-13)17-11-18(22-21-17)19(24)23-20-12-16-6-4-3-5-14(16)2/h3-12H,1-2H3,(H,21,22)(H,23,24)/b20-12-. The molecule has 0 saturated heterocycles. The highest BCUT2D eigenvalue weighted by Crippen LogP contribution is 2.18. The fraction of sp³-hybridized carbons (Fsp3) is 0.105. The molecule has 0 unspecified atom stereocenters. The van der Waals surface area contributed by atoms with E-state index in [1.807, 2.05) is 62.4 Å². The molecular formula is C19H18N4O. The summed E-state index contributed by atoms with van der Waals surface area (Å²) in [5, 5.41) is 10.9. The normalized spacial score (nSPS) is 10.9. The summed E-state index contributed by atoms with van der Waals surface area (Å²) in [6.45, 7) is 4.02. The maximum Gasteiger partial charge on any atom is 0.289 e. The number of amides is 1. The average molecular weight is 318 g/mol. The Morgan fingerprint density at radius 1 is 1.12 bits per heavy atom. The van der Waals surface area contributed by atoms with Crippen LogP contribution in [0.3, 0.4) is 0 Å². The topological polar surface area (TPSA) is 70.1 Å². The maximum absolute atomic E-state index is 12.1. The molecule has 3 aromatic rings. The van der Waals surface area contributed by atoms with Crippen LogP contribution in [0, 0.1) is 13.8 Å². The third kappa shape index (κ3) is 3.57. The van der Waals surface area contributed by atoms with Crippen LogP contribution in [0.4, 0.5) is 0 Å². The van der Waals surface area contributed by atoms with E-state index in [2.05, 4.69) is 20.7 Å². The van der Waals surface area contributed by atoms with Crippen molar-refractivity contribution in [2.45, 2.75) is 13.8 Å². The Balaban J connectivity index is 1.68. The molecule has 2 aromatic carbocycles. The van der Waals surface area contributed by atoms with Gasteiger partial charge in [0.15, 0.2) is 0 Å². The number of aryl methyl sites for hydroxylation is 2. The molecule has 0 saturated carbocycles. The van der Waals surface area contributed by atoms with Crippen molar-refractivity contribution in [1.82, 2.24) is 15.6 Å². The Labute approximate surface area is 140 Å². The van der Waals surface area contributed by atoms with E-state index < -0.39 is 0 Å². The molecule has 120 valence electrons. The molecule has 5 heteroatoms. The van der Waals surface area contributed by atoms with Crippen LogP contribution in [0.5, 0.6) is 0 Å². The van der Waals surface area contributed by atoms with Crippen molar-refractivity contribution in [2.75, 3.05) is 0 Å². The van der Waals surface area contributed by atoms with E-state index in [1.165, 1.54) is 5.56 Å². The summed E-state index contributed by atoms with van der Waals surface area (Å²) in [7, 11) is 0. The Hall–Kier alpha value is -3.21. The Morgan fingerprint density at radius 2 is 1.88 bits per heavy atom. The van der Waals surface area contributed by atoms with E-state index in [-0.39, 0.29) is 5.91 Å². The fourth-order valence-corrected chi connectivity index (χ4v) is 2.26. The Bertz CT molecular complexity index is 878. The number of H-pyrrole nitrogens is 1. The average Bonchev–Trinajstić information content (AvgIpc) is 3.07. The Kier molecular flexibility index (Phi) is 4.52. The number of carbonyl (C=O) groups excluding carboxylic acids is 1. The van der Waals surface area contributed by atoms with Gasteiger partial charge in [-0.2, -0.15) is 10.2 Å². The smallest absolute Gasteiger partial charge is 0.272 e. The molecule has 0 aliphatic carbocycles. The largest absolute Gasteiger partial charge is 0.289 e. The minimum atomic E-state index is -0.328. The predicted molar refractivity (Wildman–Crippen MR) is 95.0 cm³/mol. The zero-order valence-electron chi connectivity index (χ0n) is 13.6. The van der Waals surface area contributed by atoms with Crippen molar-refractivity contribution >= 4 is 12.1 Å². The quantitative estimate of drug-likeness (QED) is 0.571. The van der Waals surface area contributed by atoms with Crippen LogP contribution in [0.25, 0.3) is 11.3 Å². The number of carbonyl (C=O) groups is 1. The number of benzene rings is 2. The minimum Gasteiger partial charge on any atom is -0.272 e. The molecule has 0 spiro atoms. The highest BCUT2D eigenvalue weighted by atomic mass is 16.2. The van der Waals surface area contributed by atoms with Gasteiger partial charge in [0.25, 0.3) is 5.91 Å². The van der Waals surface area contributed by atoms with Gasteiger partial charge < -0.3 is 0 Å². The van der Waals surface area contributed by atoms with E-state index in [9.17, 15) is 4.79 Å².